The van der Waals surface area contributed by atoms with Crippen molar-refractivity contribution in [2.24, 2.45) is 0 Å². The fourth-order valence-electron chi connectivity index (χ4n) is 2.31. The Kier molecular flexibility index (Phi) is 5.57. The molecule has 1 aliphatic carbocycles. The van der Waals surface area contributed by atoms with Crippen LogP contribution in [0.4, 0.5) is 13.2 Å². The van der Waals surface area contributed by atoms with E-state index in [1.165, 1.54) is 6.92 Å². The lowest BCUT2D eigenvalue weighted by Crippen LogP contribution is -2.33. The number of nitrogens with zero attached hydrogens (tertiary/aromatic N) is 2. The Morgan fingerprint density at radius 3 is 2.70 bits per heavy atom. The van der Waals surface area contributed by atoms with Crippen LogP contribution in [0.1, 0.15) is 49.5 Å². The predicted octanol–water partition coefficient (Wildman–Crippen LogP) is 3.15. The molecule has 1 aliphatic rings. The van der Waals surface area contributed by atoms with Crippen LogP contribution in [0.2, 0.25) is 5.02 Å². The van der Waals surface area contributed by atoms with E-state index in [0.29, 0.717) is 25.3 Å². The van der Waals surface area contributed by atoms with E-state index in [1.807, 2.05) is 0 Å². The van der Waals surface area contributed by atoms with Gasteiger partial charge < -0.3 is 10.1 Å². The molecule has 130 valence electrons. The lowest BCUT2D eigenvalue weighted by Gasteiger charge is -2.15. The molecule has 0 aliphatic heterocycles. The van der Waals surface area contributed by atoms with Crippen molar-refractivity contribution < 1.29 is 22.7 Å². The van der Waals surface area contributed by atoms with Gasteiger partial charge in [-0.1, -0.05) is 11.6 Å². The molecule has 1 heterocycles. The molecule has 1 atom stereocenters. The highest BCUT2D eigenvalue weighted by Crippen LogP contribution is 2.47. The molecule has 0 radical (unpaired) electrons. The number of hydrogen-bond acceptors (Lipinski definition) is 3. The zero-order valence-electron chi connectivity index (χ0n) is 12.9. The Morgan fingerprint density at radius 2 is 2.17 bits per heavy atom. The molecule has 2 rings (SSSR count). The van der Waals surface area contributed by atoms with Crippen molar-refractivity contribution in [2.45, 2.75) is 44.3 Å². The molecule has 0 spiro atoms. The SMILES string of the molecule is COCCCNC(=O)C(C)n1nc(C(F)(F)F)c(Cl)c1C1CC1. The molecule has 9 heteroatoms. The van der Waals surface area contributed by atoms with Crippen molar-refractivity contribution in [3.05, 3.63) is 16.4 Å². The lowest BCUT2D eigenvalue weighted by molar-refractivity contribution is -0.141. The summed E-state index contributed by atoms with van der Waals surface area (Å²) in [7, 11) is 1.55. The summed E-state index contributed by atoms with van der Waals surface area (Å²) in [6, 6.07) is -0.859. The van der Waals surface area contributed by atoms with Crippen LogP contribution in [0.5, 0.6) is 0 Å². The van der Waals surface area contributed by atoms with E-state index in [0.717, 1.165) is 17.5 Å². The summed E-state index contributed by atoms with van der Waals surface area (Å²) >= 11 is 5.89. The monoisotopic (exact) mass is 353 g/mol. The molecule has 5 nitrogen and oxygen atoms in total. The fourth-order valence-corrected chi connectivity index (χ4v) is 2.70. The number of alkyl halides is 3. The van der Waals surface area contributed by atoms with E-state index in [1.54, 1.807) is 7.11 Å². The first kappa shape index (κ1) is 18.1. The molecule has 1 fully saturated rings. The minimum absolute atomic E-state index is 0.0603. The Labute approximate surface area is 137 Å². The molecule has 0 saturated heterocycles. The lowest BCUT2D eigenvalue weighted by atomic mass is 10.2. The molecule has 1 saturated carbocycles. The van der Waals surface area contributed by atoms with Crippen molar-refractivity contribution >= 4 is 17.5 Å². The fraction of sp³-hybridized carbons (Fsp3) is 0.714. The number of hydrogen-bond donors (Lipinski definition) is 1. The third-order valence-corrected chi connectivity index (χ3v) is 4.06. The van der Waals surface area contributed by atoms with Crippen molar-refractivity contribution in [1.29, 1.82) is 0 Å². The normalized spacial score (nSPS) is 16.4. The number of rotatable bonds is 7. The van der Waals surface area contributed by atoms with Crippen LogP contribution >= 0.6 is 11.6 Å². The van der Waals surface area contributed by atoms with E-state index >= 15 is 0 Å². The maximum Gasteiger partial charge on any atom is 0.436 e. The van der Waals surface area contributed by atoms with E-state index in [-0.39, 0.29) is 10.9 Å². The van der Waals surface area contributed by atoms with Crippen LogP contribution < -0.4 is 5.32 Å². The summed E-state index contributed by atoms with van der Waals surface area (Å²) in [5.41, 5.74) is -0.821. The largest absolute Gasteiger partial charge is 0.436 e. The summed E-state index contributed by atoms with van der Waals surface area (Å²) in [5, 5.41) is 5.86. The van der Waals surface area contributed by atoms with Crippen LogP contribution in [0, 0.1) is 0 Å². The van der Waals surface area contributed by atoms with Gasteiger partial charge in [-0.15, -0.1) is 0 Å². The van der Waals surface area contributed by atoms with Gasteiger partial charge in [-0.2, -0.15) is 18.3 Å². The van der Waals surface area contributed by atoms with Gasteiger partial charge in [-0.05, 0) is 26.2 Å². The van der Waals surface area contributed by atoms with Gasteiger partial charge in [0.05, 0.1) is 10.7 Å². The highest BCUT2D eigenvalue weighted by atomic mass is 35.5. The van der Waals surface area contributed by atoms with E-state index in [2.05, 4.69) is 10.4 Å². The number of halogens is 4. The molecule has 1 aromatic heterocycles. The summed E-state index contributed by atoms with van der Waals surface area (Å²) in [5.74, 6) is -0.453. The highest BCUT2D eigenvalue weighted by Gasteiger charge is 2.43. The van der Waals surface area contributed by atoms with Crippen molar-refractivity contribution in [3.8, 4) is 0 Å². The summed E-state index contributed by atoms with van der Waals surface area (Å²) in [6.07, 6.45) is -2.51. The highest BCUT2D eigenvalue weighted by molar-refractivity contribution is 6.32. The van der Waals surface area contributed by atoms with Gasteiger partial charge in [-0.25, -0.2) is 0 Å². The summed E-state index contributed by atoms with van der Waals surface area (Å²) < 4.78 is 45.0. The number of ether oxygens (including phenoxy) is 1. The molecule has 23 heavy (non-hydrogen) atoms. The van der Waals surface area contributed by atoms with Gasteiger partial charge >= 0.3 is 6.18 Å². The standard InChI is InChI=1S/C14H19ClF3N3O2/c1-8(13(22)19-6-3-7-23-2)21-11(9-4-5-9)10(15)12(20-21)14(16,17)18/h8-9H,3-7H2,1-2H3,(H,19,22). The Balaban J connectivity index is 2.19. The van der Waals surface area contributed by atoms with Crippen molar-refractivity contribution in [3.63, 3.8) is 0 Å². The second kappa shape index (κ2) is 7.09. The molecular formula is C14H19ClF3N3O2. The van der Waals surface area contributed by atoms with Gasteiger partial charge in [0, 0.05) is 26.2 Å². The second-order valence-electron chi connectivity index (χ2n) is 5.58. The first-order chi connectivity index (χ1) is 10.8. The Hall–Kier alpha value is -1.28. The Morgan fingerprint density at radius 1 is 1.52 bits per heavy atom. The first-order valence-corrected chi connectivity index (χ1v) is 7.77. The van der Waals surface area contributed by atoms with Crippen LogP contribution in [0.3, 0.4) is 0 Å². The minimum Gasteiger partial charge on any atom is -0.385 e. The van der Waals surface area contributed by atoms with Crippen molar-refractivity contribution in [2.75, 3.05) is 20.3 Å². The number of amides is 1. The van der Waals surface area contributed by atoms with Gasteiger partial charge in [0.25, 0.3) is 0 Å². The average Bonchev–Trinajstić information content (AvgIpc) is 3.24. The van der Waals surface area contributed by atoms with Gasteiger partial charge in [0.15, 0.2) is 5.69 Å². The Bertz CT molecular complexity index is 570. The molecule has 1 N–H and O–H groups in total. The van der Waals surface area contributed by atoms with Gasteiger partial charge in [0.2, 0.25) is 5.91 Å². The molecule has 1 unspecified atom stereocenters. The van der Waals surface area contributed by atoms with E-state index in [4.69, 9.17) is 16.3 Å². The van der Waals surface area contributed by atoms with Crippen molar-refractivity contribution in [1.82, 2.24) is 15.1 Å². The average molecular weight is 354 g/mol. The van der Waals surface area contributed by atoms with Gasteiger partial charge in [-0.3, -0.25) is 9.48 Å². The number of carbonyl (C=O) groups is 1. The molecule has 0 aromatic carbocycles. The quantitative estimate of drug-likeness (QED) is 0.766. The molecule has 0 bridgehead atoms. The van der Waals surface area contributed by atoms with Crippen LogP contribution in [-0.4, -0.2) is 35.9 Å². The summed E-state index contributed by atoms with van der Waals surface area (Å²) in [6.45, 7) is 2.39. The van der Waals surface area contributed by atoms with Crippen LogP contribution in [0.15, 0.2) is 0 Å². The smallest absolute Gasteiger partial charge is 0.385 e. The van der Waals surface area contributed by atoms with Crippen LogP contribution in [-0.2, 0) is 15.7 Å². The third kappa shape index (κ3) is 4.17. The number of methoxy groups -OCH3 is 1. The second-order valence-corrected chi connectivity index (χ2v) is 5.96. The number of carbonyl (C=O) groups excluding carboxylic acids is 1. The zero-order valence-corrected chi connectivity index (χ0v) is 13.7. The minimum atomic E-state index is -4.64. The van der Waals surface area contributed by atoms with Gasteiger partial charge in [0.1, 0.15) is 6.04 Å². The topological polar surface area (TPSA) is 56.1 Å². The molecular weight excluding hydrogens is 335 g/mol. The molecule has 1 amide bonds. The first-order valence-electron chi connectivity index (χ1n) is 7.39. The summed E-state index contributed by atoms with van der Waals surface area (Å²) in [4.78, 5) is 12.1. The molecule has 1 aromatic rings. The van der Waals surface area contributed by atoms with E-state index in [9.17, 15) is 18.0 Å². The van der Waals surface area contributed by atoms with E-state index < -0.39 is 23.8 Å². The predicted molar refractivity (Wildman–Crippen MR) is 78.4 cm³/mol. The number of nitrogens with one attached hydrogen (secondary N) is 1. The third-order valence-electron chi connectivity index (χ3n) is 3.69. The van der Waals surface area contributed by atoms with Crippen LogP contribution in [0.25, 0.3) is 0 Å². The zero-order chi connectivity index (χ0) is 17.2. The number of aromatic nitrogens is 2. The maximum absolute atomic E-state index is 13.0. The maximum atomic E-state index is 13.0.